The summed E-state index contributed by atoms with van der Waals surface area (Å²) in [6.45, 7) is 3.60. The molecule has 0 spiro atoms. The Morgan fingerprint density at radius 1 is 1.20 bits per heavy atom. The van der Waals surface area contributed by atoms with Crippen molar-refractivity contribution in [2.24, 2.45) is 0 Å². The summed E-state index contributed by atoms with van der Waals surface area (Å²) >= 11 is 0. The summed E-state index contributed by atoms with van der Waals surface area (Å²) in [5, 5.41) is 4.33. The van der Waals surface area contributed by atoms with Gasteiger partial charge in [0, 0.05) is 5.56 Å². The minimum Gasteiger partial charge on any atom is -0.462 e. The first-order valence-electron chi connectivity index (χ1n) is 7.65. The van der Waals surface area contributed by atoms with Crippen LogP contribution in [0.2, 0.25) is 0 Å². The number of fused-ring (bicyclic) bond motifs is 1. The highest BCUT2D eigenvalue weighted by Gasteiger charge is 2.31. The van der Waals surface area contributed by atoms with Crippen LogP contribution < -0.4 is 0 Å². The van der Waals surface area contributed by atoms with Gasteiger partial charge < -0.3 is 4.74 Å². The van der Waals surface area contributed by atoms with E-state index < -0.39 is 17.7 Å². The molecule has 0 amide bonds. The predicted octanol–water partition coefficient (Wildman–Crippen LogP) is 4.51. The van der Waals surface area contributed by atoms with Crippen LogP contribution in [0.15, 0.2) is 42.5 Å². The summed E-state index contributed by atoms with van der Waals surface area (Å²) in [7, 11) is 0. The van der Waals surface area contributed by atoms with E-state index >= 15 is 0 Å². The van der Waals surface area contributed by atoms with Gasteiger partial charge in [-0.2, -0.15) is 18.3 Å². The molecule has 0 atom stereocenters. The largest absolute Gasteiger partial charge is 0.462 e. The summed E-state index contributed by atoms with van der Waals surface area (Å²) in [4.78, 5) is 12.3. The molecule has 3 aromatic rings. The van der Waals surface area contributed by atoms with Crippen LogP contribution in [0, 0.1) is 6.92 Å². The zero-order chi connectivity index (χ0) is 18.2. The molecule has 130 valence electrons. The monoisotopic (exact) mass is 348 g/mol. The number of halogens is 3. The van der Waals surface area contributed by atoms with Crippen molar-refractivity contribution in [1.29, 1.82) is 0 Å². The lowest BCUT2D eigenvalue weighted by Gasteiger charge is -2.10. The van der Waals surface area contributed by atoms with Gasteiger partial charge in [0.15, 0.2) is 0 Å². The molecule has 7 heteroatoms. The molecule has 0 aliphatic rings. The Labute approximate surface area is 141 Å². The highest BCUT2D eigenvalue weighted by molar-refractivity contribution is 5.98. The third-order valence-electron chi connectivity index (χ3n) is 3.72. The van der Waals surface area contributed by atoms with Crippen LogP contribution in [0.1, 0.15) is 28.5 Å². The smallest absolute Gasteiger partial charge is 0.416 e. The topological polar surface area (TPSA) is 43.6 Å². The number of hydrogen-bond acceptors (Lipinski definition) is 3. The third-order valence-corrected chi connectivity index (χ3v) is 3.72. The van der Waals surface area contributed by atoms with Crippen molar-refractivity contribution < 1.29 is 22.7 Å². The van der Waals surface area contributed by atoms with Crippen LogP contribution in [0.3, 0.4) is 0 Å². The maximum atomic E-state index is 13.1. The first kappa shape index (κ1) is 17.0. The van der Waals surface area contributed by atoms with Crippen molar-refractivity contribution in [3.05, 3.63) is 59.3 Å². The second-order valence-electron chi connectivity index (χ2n) is 5.52. The molecule has 0 aliphatic carbocycles. The second-order valence-corrected chi connectivity index (χ2v) is 5.52. The first-order chi connectivity index (χ1) is 11.8. The number of nitrogens with zero attached hydrogens (tertiary/aromatic N) is 2. The molecule has 25 heavy (non-hydrogen) atoms. The van der Waals surface area contributed by atoms with Crippen LogP contribution in [0.25, 0.3) is 16.8 Å². The molecule has 0 radical (unpaired) electrons. The summed E-state index contributed by atoms with van der Waals surface area (Å²) in [6, 6.07) is 9.91. The van der Waals surface area contributed by atoms with Gasteiger partial charge in [-0.15, -0.1) is 0 Å². The van der Waals surface area contributed by atoms with Gasteiger partial charge in [-0.3, -0.25) is 0 Å². The normalized spacial score (nSPS) is 11.7. The van der Waals surface area contributed by atoms with Gasteiger partial charge in [-0.1, -0.05) is 12.1 Å². The Balaban J connectivity index is 2.28. The first-order valence-corrected chi connectivity index (χ1v) is 7.65. The quantitative estimate of drug-likeness (QED) is 0.654. The van der Waals surface area contributed by atoms with E-state index in [0.717, 1.165) is 12.1 Å². The number of hydrogen-bond donors (Lipinski definition) is 0. The molecule has 0 unspecified atom stereocenters. The van der Waals surface area contributed by atoms with Gasteiger partial charge in [0.2, 0.25) is 0 Å². The minimum atomic E-state index is -4.48. The van der Waals surface area contributed by atoms with Gasteiger partial charge in [-0.05, 0) is 44.2 Å². The number of aromatic nitrogens is 2. The zero-order valence-corrected chi connectivity index (χ0v) is 13.6. The lowest BCUT2D eigenvalue weighted by atomic mass is 10.0. The minimum absolute atomic E-state index is 0.166. The van der Waals surface area contributed by atoms with Crippen molar-refractivity contribution in [2.75, 3.05) is 6.61 Å². The van der Waals surface area contributed by atoms with Crippen LogP contribution in [-0.4, -0.2) is 22.2 Å². The van der Waals surface area contributed by atoms with Gasteiger partial charge in [0.1, 0.15) is 0 Å². The van der Waals surface area contributed by atoms with E-state index in [1.165, 1.54) is 16.6 Å². The van der Waals surface area contributed by atoms with E-state index in [0.29, 0.717) is 11.2 Å². The number of esters is 1. The van der Waals surface area contributed by atoms with E-state index in [-0.39, 0.29) is 23.4 Å². The molecule has 3 rings (SSSR count). The fourth-order valence-corrected chi connectivity index (χ4v) is 2.63. The maximum Gasteiger partial charge on any atom is 0.416 e. The van der Waals surface area contributed by atoms with Gasteiger partial charge in [-0.25, -0.2) is 9.31 Å². The van der Waals surface area contributed by atoms with E-state index in [2.05, 4.69) is 5.10 Å². The fraction of sp³-hybridized carbons (Fsp3) is 0.222. The lowest BCUT2D eigenvalue weighted by Crippen LogP contribution is -2.08. The van der Waals surface area contributed by atoms with Crippen LogP contribution in [-0.2, 0) is 10.9 Å². The maximum absolute atomic E-state index is 13.1. The molecular weight excluding hydrogens is 333 g/mol. The van der Waals surface area contributed by atoms with Crippen molar-refractivity contribution in [3.63, 3.8) is 0 Å². The van der Waals surface area contributed by atoms with Crippen molar-refractivity contribution >= 4 is 11.5 Å². The summed E-state index contributed by atoms with van der Waals surface area (Å²) < 4.78 is 45.7. The van der Waals surface area contributed by atoms with E-state index in [9.17, 15) is 18.0 Å². The Hall–Kier alpha value is -2.83. The van der Waals surface area contributed by atoms with Crippen molar-refractivity contribution in [2.45, 2.75) is 20.0 Å². The predicted molar refractivity (Wildman–Crippen MR) is 86.3 cm³/mol. The molecule has 2 heterocycles. The highest BCUT2D eigenvalue weighted by atomic mass is 19.4. The molecule has 0 aliphatic heterocycles. The summed E-state index contributed by atoms with van der Waals surface area (Å²) in [6.07, 6.45) is -4.48. The lowest BCUT2D eigenvalue weighted by molar-refractivity contribution is -0.137. The molecule has 2 aromatic heterocycles. The standard InChI is InChI=1S/C18H15F3N2O2/c1-3-25-17(24)15-10-14-8-7-11(2)22-23(14)16(15)12-5-4-6-13(9-12)18(19,20)21/h4-10H,3H2,1-2H3. The number of aryl methyl sites for hydroxylation is 1. The van der Waals surface area contributed by atoms with Crippen molar-refractivity contribution in [3.8, 4) is 11.3 Å². The molecule has 1 aromatic carbocycles. The van der Waals surface area contributed by atoms with Gasteiger partial charge in [0.05, 0.1) is 34.6 Å². The number of alkyl halides is 3. The molecule has 0 fully saturated rings. The second kappa shape index (κ2) is 6.23. The Morgan fingerprint density at radius 3 is 2.64 bits per heavy atom. The van der Waals surface area contributed by atoms with Gasteiger partial charge >= 0.3 is 12.1 Å². The average Bonchev–Trinajstić information content (AvgIpc) is 2.93. The Morgan fingerprint density at radius 2 is 1.96 bits per heavy atom. The number of carbonyl (C=O) groups excluding carboxylic acids is 1. The molecule has 4 nitrogen and oxygen atoms in total. The number of carbonyl (C=O) groups is 1. The number of rotatable bonds is 3. The molecule has 0 saturated carbocycles. The highest BCUT2D eigenvalue weighted by Crippen LogP contribution is 2.34. The summed E-state index contributed by atoms with van der Waals surface area (Å²) in [5.41, 5.74) is 1.19. The van der Waals surface area contributed by atoms with Crippen molar-refractivity contribution in [1.82, 2.24) is 9.61 Å². The molecular formula is C18H15F3N2O2. The number of benzene rings is 1. The zero-order valence-electron chi connectivity index (χ0n) is 13.6. The van der Waals surface area contributed by atoms with E-state index in [1.54, 1.807) is 32.0 Å². The Kier molecular flexibility index (Phi) is 4.24. The Bertz CT molecular complexity index is 945. The molecule has 0 saturated heterocycles. The van der Waals surface area contributed by atoms with Crippen LogP contribution >= 0.6 is 0 Å². The van der Waals surface area contributed by atoms with Crippen LogP contribution in [0.4, 0.5) is 13.2 Å². The average molecular weight is 348 g/mol. The SMILES string of the molecule is CCOC(=O)c1cc2ccc(C)nn2c1-c1cccc(C(F)(F)F)c1. The van der Waals surface area contributed by atoms with E-state index in [1.807, 2.05) is 0 Å². The third kappa shape index (κ3) is 3.22. The van der Waals surface area contributed by atoms with E-state index in [4.69, 9.17) is 4.74 Å². The fourth-order valence-electron chi connectivity index (χ4n) is 2.63. The summed E-state index contributed by atoms with van der Waals surface area (Å²) in [5.74, 6) is -0.599. The van der Waals surface area contributed by atoms with Gasteiger partial charge in [0.25, 0.3) is 0 Å². The van der Waals surface area contributed by atoms with Crippen LogP contribution in [0.5, 0.6) is 0 Å². The number of ether oxygens (including phenoxy) is 1. The molecule has 0 N–H and O–H groups in total. The molecule has 0 bridgehead atoms.